The average molecular weight is 303 g/mol. The SMILES string of the molecule is CC(C)c1nnc2sc(-c3ccc(NCCO)cc3)nn12. The van der Waals surface area contributed by atoms with Crippen LogP contribution in [0.15, 0.2) is 24.3 Å². The van der Waals surface area contributed by atoms with E-state index in [1.165, 1.54) is 11.3 Å². The maximum absolute atomic E-state index is 8.80. The number of aromatic nitrogens is 4. The van der Waals surface area contributed by atoms with Crippen LogP contribution in [0.25, 0.3) is 15.5 Å². The summed E-state index contributed by atoms with van der Waals surface area (Å²) in [5.74, 6) is 1.17. The smallest absolute Gasteiger partial charge is 0.234 e. The molecule has 0 amide bonds. The third-order valence-corrected chi connectivity index (χ3v) is 4.05. The largest absolute Gasteiger partial charge is 0.395 e. The fraction of sp³-hybridized carbons (Fsp3) is 0.357. The molecule has 0 radical (unpaired) electrons. The molecular weight excluding hydrogens is 286 g/mol. The normalized spacial score (nSPS) is 11.4. The number of anilines is 1. The number of rotatable bonds is 5. The fourth-order valence-electron chi connectivity index (χ4n) is 2.04. The molecule has 0 spiro atoms. The van der Waals surface area contributed by atoms with Gasteiger partial charge in [0.2, 0.25) is 4.96 Å². The standard InChI is InChI=1S/C14H17N5OS/c1-9(2)12-16-17-14-19(12)18-13(21-14)10-3-5-11(6-4-10)15-7-8-20/h3-6,9,15,20H,7-8H2,1-2H3. The minimum Gasteiger partial charge on any atom is -0.395 e. The van der Waals surface area contributed by atoms with Crippen LogP contribution in [0.4, 0.5) is 5.69 Å². The van der Waals surface area contributed by atoms with E-state index in [1.807, 2.05) is 28.8 Å². The molecule has 0 aliphatic heterocycles. The highest BCUT2D eigenvalue weighted by atomic mass is 32.1. The van der Waals surface area contributed by atoms with E-state index in [0.717, 1.165) is 27.0 Å². The van der Waals surface area contributed by atoms with Crippen LogP contribution in [0, 0.1) is 0 Å². The molecule has 0 bridgehead atoms. The van der Waals surface area contributed by atoms with Crippen LogP contribution < -0.4 is 5.32 Å². The Morgan fingerprint density at radius 1 is 1.24 bits per heavy atom. The predicted octanol–water partition coefficient (Wildman–Crippen LogP) is 2.38. The Morgan fingerprint density at radius 2 is 2.00 bits per heavy atom. The molecule has 3 aromatic rings. The Balaban J connectivity index is 1.89. The van der Waals surface area contributed by atoms with Crippen molar-refractivity contribution in [2.45, 2.75) is 19.8 Å². The van der Waals surface area contributed by atoms with Gasteiger partial charge >= 0.3 is 0 Å². The number of nitrogens with zero attached hydrogens (tertiary/aromatic N) is 4. The van der Waals surface area contributed by atoms with Crippen molar-refractivity contribution in [3.05, 3.63) is 30.1 Å². The van der Waals surface area contributed by atoms with Gasteiger partial charge in [-0.15, -0.1) is 10.2 Å². The van der Waals surface area contributed by atoms with E-state index in [0.29, 0.717) is 12.5 Å². The van der Waals surface area contributed by atoms with Gasteiger partial charge in [-0.2, -0.15) is 9.61 Å². The van der Waals surface area contributed by atoms with E-state index in [4.69, 9.17) is 5.11 Å². The van der Waals surface area contributed by atoms with Crippen molar-refractivity contribution >= 4 is 22.0 Å². The summed E-state index contributed by atoms with van der Waals surface area (Å²) < 4.78 is 1.82. The van der Waals surface area contributed by atoms with E-state index in [9.17, 15) is 0 Å². The molecule has 21 heavy (non-hydrogen) atoms. The zero-order chi connectivity index (χ0) is 14.8. The Labute approximate surface area is 126 Å². The third-order valence-electron chi connectivity index (χ3n) is 3.10. The lowest BCUT2D eigenvalue weighted by Gasteiger charge is -2.04. The molecule has 0 fully saturated rings. The summed E-state index contributed by atoms with van der Waals surface area (Å²) in [5, 5.41) is 25.8. The second-order valence-electron chi connectivity index (χ2n) is 5.04. The molecule has 7 heteroatoms. The van der Waals surface area contributed by atoms with E-state index >= 15 is 0 Å². The molecule has 0 aliphatic rings. The van der Waals surface area contributed by atoms with Crippen molar-refractivity contribution in [3.63, 3.8) is 0 Å². The number of aliphatic hydroxyl groups excluding tert-OH is 1. The van der Waals surface area contributed by atoms with Gasteiger partial charge in [0.15, 0.2) is 5.82 Å². The molecule has 2 N–H and O–H groups in total. The lowest BCUT2D eigenvalue weighted by Crippen LogP contribution is -2.04. The van der Waals surface area contributed by atoms with Crippen LogP contribution in [-0.4, -0.2) is 38.1 Å². The van der Waals surface area contributed by atoms with Gasteiger partial charge in [0, 0.05) is 23.7 Å². The summed E-state index contributed by atoms with van der Waals surface area (Å²) in [4.78, 5) is 0.816. The maximum atomic E-state index is 8.80. The summed E-state index contributed by atoms with van der Waals surface area (Å²) in [7, 11) is 0. The predicted molar refractivity (Wildman–Crippen MR) is 83.8 cm³/mol. The molecule has 0 atom stereocenters. The lowest BCUT2D eigenvalue weighted by molar-refractivity contribution is 0.311. The van der Waals surface area contributed by atoms with Gasteiger partial charge < -0.3 is 10.4 Å². The first-order valence-corrected chi connectivity index (χ1v) is 7.68. The van der Waals surface area contributed by atoms with Crippen molar-refractivity contribution in [2.24, 2.45) is 0 Å². The lowest BCUT2D eigenvalue weighted by atomic mass is 10.2. The van der Waals surface area contributed by atoms with Gasteiger partial charge in [-0.25, -0.2) is 0 Å². The molecule has 2 aromatic heterocycles. The summed E-state index contributed by atoms with van der Waals surface area (Å²) in [6, 6.07) is 7.99. The highest BCUT2D eigenvalue weighted by Gasteiger charge is 2.14. The van der Waals surface area contributed by atoms with Gasteiger partial charge in [-0.3, -0.25) is 0 Å². The van der Waals surface area contributed by atoms with Gasteiger partial charge in [-0.05, 0) is 24.3 Å². The number of hydrogen-bond acceptors (Lipinski definition) is 6. The van der Waals surface area contributed by atoms with Gasteiger partial charge in [0.25, 0.3) is 0 Å². The molecular formula is C14H17N5OS. The van der Waals surface area contributed by atoms with Gasteiger partial charge in [0.1, 0.15) is 5.01 Å². The Bertz CT molecular complexity index is 731. The average Bonchev–Trinajstić information content (AvgIpc) is 3.05. The van der Waals surface area contributed by atoms with Crippen LogP contribution in [0.1, 0.15) is 25.6 Å². The molecule has 3 rings (SSSR count). The molecule has 0 saturated carbocycles. The number of benzene rings is 1. The van der Waals surface area contributed by atoms with Crippen molar-refractivity contribution in [3.8, 4) is 10.6 Å². The third kappa shape index (κ3) is 2.74. The van der Waals surface area contributed by atoms with Crippen LogP contribution in [0.5, 0.6) is 0 Å². The summed E-state index contributed by atoms with van der Waals surface area (Å²) in [6.45, 7) is 4.83. The van der Waals surface area contributed by atoms with Crippen LogP contribution >= 0.6 is 11.3 Å². The second kappa shape index (κ2) is 5.79. The summed E-state index contributed by atoms with van der Waals surface area (Å²) >= 11 is 1.53. The van der Waals surface area contributed by atoms with Gasteiger partial charge in [0.05, 0.1) is 6.61 Å². The van der Waals surface area contributed by atoms with Crippen molar-refractivity contribution in [1.82, 2.24) is 19.8 Å². The van der Waals surface area contributed by atoms with Crippen molar-refractivity contribution < 1.29 is 5.11 Å². The van der Waals surface area contributed by atoms with Crippen molar-refractivity contribution in [2.75, 3.05) is 18.5 Å². The van der Waals surface area contributed by atoms with Crippen molar-refractivity contribution in [1.29, 1.82) is 0 Å². The van der Waals surface area contributed by atoms with E-state index in [1.54, 1.807) is 0 Å². The van der Waals surface area contributed by atoms with E-state index < -0.39 is 0 Å². The quantitative estimate of drug-likeness (QED) is 0.757. The molecule has 110 valence electrons. The fourth-order valence-corrected chi connectivity index (χ4v) is 2.89. The molecule has 0 unspecified atom stereocenters. The zero-order valence-electron chi connectivity index (χ0n) is 11.9. The summed E-state index contributed by atoms with van der Waals surface area (Å²) in [5.41, 5.74) is 2.04. The molecule has 0 aliphatic carbocycles. The van der Waals surface area contributed by atoms with Crippen LogP contribution in [0.2, 0.25) is 0 Å². The van der Waals surface area contributed by atoms with E-state index in [-0.39, 0.29) is 6.61 Å². The minimum absolute atomic E-state index is 0.121. The molecule has 2 heterocycles. The number of fused-ring (bicyclic) bond motifs is 1. The number of hydrogen-bond donors (Lipinski definition) is 2. The first-order valence-electron chi connectivity index (χ1n) is 6.86. The topological polar surface area (TPSA) is 75.3 Å². The second-order valence-corrected chi connectivity index (χ2v) is 6.00. The summed E-state index contributed by atoms with van der Waals surface area (Å²) in [6.07, 6.45) is 0. The highest BCUT2D eigenvalue weighted by Crippen LogP contribution is 2.27. The molecule has 1 aromatic carbocycles. The number of nitrogens with one attached hydrogen (secondary N) is 1. The highest BCUT2D eigenvalue weighted by molar-refractivity contribution is 7.19. The Morgan fingerprint density at radius 3 is 2.67 bits per heavy atom. The zero-order valence-corrected chi connectivity index (χ0v) is 12.8. The van der Waals surface area contributed by atoms with E-state index in [2.05, 4.69) is 34.5 Å². The van der Waals surface area contributed by atoms with Gasteiger partial charge in [-0.1, -0.05) is 25.2 Å². The Hall–Kier alpha value is -1.99. The van der Waals surface area contributed by atoms with Crippen LogP contribution in [0.3, 0.4) is 0 Å². The Kier molecular flexibility index (Phi) is 3.85. The van der Waals surface area contributed by atoms with Crippen LogP contribution in [-0.2, 0) is 0 Å². The maximum Gasteiger partial charge on any atom is 0.234 e. The first-order chi connectivity index (χ1) is 10.2. The monoisotopic (exact) mass is 303 g/mol. The minimum atomic E-state index is 0.121. The molecule has 6 nitrogen and oxygen atoms in total. The first kappa shape index (κ1) is 14.0. The molecule has 0 saturated heterocycles. The number of aliphatic hydroxyl groups is 1.